The van der Waals surface area contributed by atoms with E-state index < -0.39 is 0 Å². The second-order valence-corrected chi connectivity index (χ2v) is 6.18. The number of rotatable bonds is 1. The minimum absolute atomic E-state index is 0.786. The van der Waals surface area contributed by atoms with Gasteiger partial charge in [-0.15, -0.1) is 11.3 Å². The van der Waals surface area contributed by atoms with Gasteiger partial charge >= 0.3 is 0 Å². The number of nitrogens with zero attached hydrogens (tertiary/aromatic N) is 3. The molecule has 0 N–H and O–H groups in total. The van der Waals surface area contributed by atoms with Gasteiger partial charge in [-0.1, -0.05) is 18.2 Å². The third-order valence-corrected chi connectivity index (χ3v) is 5.31. The fourth-order valence-electron chi connectivity index (χ4n) is 2.98. The molecule has 0 saturated carbocycles. The summed E-state index contributed by atoms with van der Waals surface area (Å²) in [5, 5.41) is 11.9. The van der Waals surface area contributed by atoms with Crippen molar-refractivity contribution in [1.82, 2.24) is 9.13 Å². The second-order valence-electron chi connectivity index (χ2n) is 5.18. The van der Waals surface area contributed by atoms with E-state index in [0.29, 0.717) is 0 Å². The minimum Gasteiger partial charge on any atom is -0.350 e. The third-order valence-electron chi connectivity index (χ3n) is 4.02. The molecule has 1 aromatic carbocycles. The lowest BCUT2D eigenvalue weighted by molar-refractivity contribution is 0.939. The highest BCUT2D eigenvalue weighted by molar-refractivity contribution is 7.22. The largest absolute Gasteiger partial charge is 0.350 e. The van der Waals surface area contributed by atoms with Crippen molar-refractivity contribution in [3.05, 3.63) is 48.2 Å². The molecule has 3 nitrogen and oxygen atoms in total. The van der Waals surface area contributed by atoms with Gasteiger partial charge in [0.25, 0.3) is 0 Å². The van der Waals surface area contributed by atoms with Gasteiger partial charge in [0.15, 0.2) is 0 Å². The molecule has 0 spiro atoms. The molecule has 4 rings (SSSR count). The lowest BCUT2D eigenvalue weighted by atomic mass is 10.1. The zero-order valence-electron chi connectivity index (χ0n) is 11.8. The zero-order chi connectivity index (χ0) is 14.6. The molecule has 0 saturated heterocycles. The van der Waals surface area contributed by atoms with Crippen molar-refractivity contribution < 1.29 is 0 Å². The minimum atomic E-state index is 0.786. The summed E-state index contributed by atoms with van der Waals surface area (Å²) in [6.45, 7) is 0. The summed E-state index contributed by atoms with van der Waals surface area (Å²) in [6, 6.07) is 14.8. The highest BCUT2D eigenvalue weighted by Gasteiger charge is 2.20. The Kier molecular flexibility index (Phi) is 2.47. The Labute approximate surface area is 126 Å². The normalized spacial score (nSPS) is 11.3. The summed E-state index contributed by atoms with van der Waals surface area (Å²) >= 11 is 1.69. The van der Waals surface area contributed by atoms with E-state index >= 15 is 0 Å². The molecular weight excluding hydrogens is 278 g/mol. The number of para-hydroxylation sites is 1. The lowest BCUT2D eigenvalue weighted by Crippen LogP contribution is -1.89. The van der Waals surface area contributed by atoms with Gasteiger partial charge < -0.3 is 9.13 Å². The third kappa shape index (κ3) is 1.52. The molecule has 0 aliphatic carbocycles. The van der Waals surface area contributed by atoms with Gasteiger partial charge in [-0.2, -0.15) is 5.26 Å². The first-order valence-corrected chi connectivity index (χ1v) is 7.55. The first-order valence-electron chi connectivity index (χ1n) is 6.74. The SMILES string of the molecule is Cn1cccc1-c1sc2c(c1C#N)c1ccccc1n2C. The summed E-state index contributed by atoms with van der Waals surface area (Å²) in [6.07, 6.45) is 2.01. The van der Waals surface area contributed by atoms with Gasteiger partial charge in [0.05, 0.1) is 16.1 Å². The molecule has 102 valence electrons. The van der Waals surface area contributed by atoms with Crippen LogP contribution in [0.1, 0.15) is 5.56 Å². The summed E-state index contributed by atoms with van der Waals surface area (Å²) in [4.78, 5) is 2.21. The summed E-state index contributed by atoms with van der Waals surface area (Å²) in [5.74, 6) is 0. The number of aromatic nitrogens is 2. The molecule has 0 atom stereocenters. The van der Waals surface area contributed by atoms with E-state index in [-0.39, 0.29) is 0 Å². The maximum Gasteiger partial charge on any atom is 0.105 e. The quantitative estimate of drug-likeness (QED) is 0.515. The molecule has 3 aromatic heterocycles. The van der Waals surface area contributed by atoms with Gasteiger partial charge in [0.2, 0.25) is 0 Å². The van der Waals surface area contributed by atoms with Crippen molar-refractivity contribution in [2.24, 2.45) is 14.1 Å². The molecule has 0 fully saturated rings. The van der Waals surface area contributed by atoms with Gasteiger partial charge in [0.1, 0.15) is 10.9 Å². The van der Waals surface area contributed by atoms with Gasteiger partial charge in [-0.25, -0.2) is 0 Å². The van der Waals surface area contributed by atoms with Crippen LogP contribution in [0.4, 0.5) is 0 Å². The van der Waals surface area contributed by atoms with Crippen LogP contribution in [0.15, 0.2) is 42.6 Å². The van der Waals surface area contributed by atoms with Gasteiger partial charge in [-0.3, -0.25) is 0 Å². The van der Waals surface area contributed by atoms with E-state index in [1.165, 1.54) is 5.52 Å². The van der Waals surface area contributed by atoms with Crippen molar-refractivity contribution in [2.45, 2.75) is 0 Å². The van der Waals surface area contributed by atoms with Crippen LogP contribution in [-0.2, 0) is 14.1 Å². The fraction of sp³-hybridized carbons (Fsp3) is 0.118. The first-order chi connectivity index (χ1) is 10.2. The molecule has 4 aromatic rings. The van der Waals surface area contributed by atoms with Crippen molar-refractivity contribution in [3.8, 4) is 16.6 Å². The summed E-state index contributed by atoms with van der Waals surface area (Å²) in [5.41, 5.74) is 3.05. The number of hydrogen-bond acceptors (Lipinski definition) is 2. The predicted octanol–water partition coefficient (Wildman–Crippen LogP) is 4.27. The molecule has 0 bridgehead atoms. The van der Waals surface area contributed by atoms with E-state index in [1.807, 2.05) is 31.4 Å². The van der Waals surface area contributed by atoms with Crippen LogP contribution >= 0.6 is 11.3 Å². The van der Waals surface area contributed by atoms with Crippen molar-refractivity contribution in [3.63, 3.8) is 0 Å². The summed E-state index contributed by atoms with van der Waals surface area (Å²) < 4.78 is 4.25. The number of nitriles is 1. The smallest absolute Gasteiger partial charge is 0.105 e. The molecule has 21 heavy (non-hydrogen) atoms. The number of fused-ring (bicyclic) bond motifs is 3. The fourth-order valence-corrected chi connectivity index (χ4v) is 4.29. The molecule has 0 aliphatic heterocycles. The van der Waals surface area contributed by atoms with Crippen LogP contribution < -0.4 is 0 Å². The standard InChI is InChI=1S/C17H13N3S/c1-19-9-5-8-14(19)16-12(10-18)15-11-6-3-4-7-13(11)20(2)17(15)21-16/h3-9H,1-2H3. The maximum atomic E-state index is 9.70. The van der Waals surface area contributed by atoms with Crippen molar-refractivity contribution in [2.75, 3.05) is 0 Å². The Morgan fingerprint density at radius 3 is 2.62 bits per heavy atom. The Morgan fingerprint density at radius 2 is 1.90 bits per heavy atom. The van der Waals surface area contributed by atoms with Gasteiger partial charge in [-0.05, 0) is 18.2 Å². The van der Waals surface area contributed by atoms with E-state index in [0.717, 1.165) is 31.7 Å². The molecular formula is C17H13N3S. The first kappa shape index (κ1) is 12.2. The average molecular weight is 291 g/mol. The Balaban J connectivity index is 2.20. The van der Waals surface area contributed by atoms with E-state index in [9.17, 15) is 5.26 Å². The van der Waals surface area contributed by atoms with Crippen molar-refractivity contribution in [1.29, 1.82) is 5.26 Å². The number of benzene rings is 1. The van der Waals surface area contributed by atoms with Crippen LogP contribution in [0.3, 0.4) is 0 Å². The average Bonchev–Trinajstić information content (AvgIpc) is 3.15. The van der Waals surface area contributed by atoms with Crippen LogP contribution in [0, 0.1) is 11.3 Å². The van der Waals surface area contributed by atoms with Gasteiger partial charge in [0, 0.05) is 36.6 Å². The zero-order valence-corrected chi connectivity index (χ0v) is 12.6. The Bertz CT molecular complexity index is 1020. The summed E-state index contributed by atoms with van der Waals surface area (Å²) in [7, 11) is 4.08. The highest BCUT2D eigenvalue weighted by atomic mass is 32.1. The highest BCUT2D eigenvalue weighted by Crippen LogP contribution is 2.42. The van der Waals surface area contributed by atoms with E-state index in [4.69, 9.17) is 0 Å². The van der Waals surface area contributed by atoms with E-state index in [1.54, 1.807) is 11.3 Å². The second kappa shape index (κ2) is 4.24. The lowest BCUT2D eigenvalue weighted by Gasteiger charge is -2.01. The van der Waals surface area contributed by atoms with Crippen LogP contribution in [0.5, 0.6) is 0 Å². The number of aryl methyl sites for hydroxylation is 2. The molecule has 4 heteroatoms. The molecule has 0 aliphatic rings. The number of thiophene rings is 1. The van der Waals surface area contributed by atoms with E-state index in [2.05, 4.69) is 40.5 Å². The molecule has 0 amide bonds. The van der Waals surface area contributed by atoms with Crippen LogP contribution in [-0.4, -0.2) is 9.13 Å². The van der Waals surface area contributed by atoms with Crippen LogP contribution in [0.25, 0.3) is 31.7 Å². The Morgan fingerprint density at radius 1 is 1.10 bits per heavy atom. The maximum absolute atomic E-state index is 9.70. The number of hydrogen-bond donors (Lipinski definition) is 0. The van der Waals surface area contributed by atoms with Crippen LogP contribution in [0.2, 0.25) is 0 Å². The molecule has 0 unspecified atom stereocenters. The monoisotopic (exact) mass is 291 g/mol. The topological polar surface area (TPSA) is 33.6 Å². The Hall–Kier alpha value is -2.51. The molecule has 3 heterocycles. The molecule has 0 radical (unpaired) electrons. The van der Waals surface area contributed by atoms with Crippen molar-refractivity contribution >= 4 is 32.5 Å². The predicted molar refractivity (Wildman–Crippen MR) is 87.4 cm³/mol.